The van der Waals surface area contributed by atoms with E-state index >= 15 is 0 Å². The van der Waals surface area contributed by atoms with Crippen molar-refractivity contribution in [3.8, 4) is 6.07 Å². The second kappa shape index (κ2) is 5.27. The Hall–Kier alpha value is -0.750. The van der Waals surface area contributed by atoms with Gasteiger partial charge in [0.1, 0.15) is 5.54 Å². The summed E-state index contributed by atoms with van der Waals surface area (Å²) >= 11 is 5.83. The number of hydrogen-bond donors (Lipinski definition) is 0. The van der Waals surface area contributed by atoms with Gasteiger partial charge >= 0.3 is 0 Å². The standard InChI is InChI=1S/C13H21ClN2O/c1-12(2,9-14)11(17)16(3)13(10-15)7-5-4-6-8-13/h4-9H2,1-3H3. The van der Waals surface area contributed by atoms with Crippen molar-refractivity contribution in [1.29, 1.82) is 5.26 Å². The largest absolute Gasteiger partial charge is 0.327 e. The summed E-state index contributed by atoms with van der Waals surface area (Å²) in [6, 6.07) is 2.36. The van der Waals surface area contributed by atoms with Crippen LogP contribution in [0.15, 0.2) is 0 Å². The summed E-state index contributed by atoms with van der Waals surface area (Å²) < 4.78 is 0. The van der Waals surface area contributed by atoms with E-state index in [1.807, 2.05) is 13.8 Å². The van der Waals surface area contributed by atoms with E-state index in [2.05, 4.69) is 6.07 Å². The number of carbonyl (C=O) groups is 1. The molecule has 1 rings (SSSR count). The zero-order valence-electron chi connectivity index (χ0n) is 10.9. The highest BCUT2D eigenvalue weighted by Gasteiger charge is 2.42. The number of halogens is 1. The highest BCUT2D eigenvalue weighted by atomic mass is 35.5. The van der Waals surface area contributed by atoms with Crippen LogP contribution in [0.3, 0.4) is 0 Å². The average Bonchev–Trinajstić information content (AvgIpc) is 2.37. The average molecular weight is 257 g/mol. The van der Waals surface area contributed by atoms with Crippen molar-refractivity contribution in [3.63, 3.8) is 0 Å². The monoisotopic (exact) mass is 256 g/mol. The molecular formula is C13H21ClN2O. The predicted octanol–water partition coefficient (Wildman–Crippen LogP) is 2.94. The fourth-order valence-corrected chi connectivity index (χ4v) is 2.48. The fourth-order valence-electron chi connectivity index (χ4n) is 2.36. The van der Waals surface area contributed by atoms with Crippen LogP contribution < -0.4 is 0 Å². The first-order valence-corrected chi connectivity index (χ1v) is 6.68. The van der Waals surface area contributed by atoms with Crippen molar-refractivity contribution < 1.29 is 4.79 Å². The minimum atomic E-state index is -0.612. The molecule has 0 aromatic rings. The maximum Gasteiger partial charge on any atom is 0.230 e. The van der Waals surface area contributed by atoms with Gasteiger partial charge in [0, 0.05) is 12.9 Å². The molecular weight excluding hydrogens is 236 g/mol. The predicted molar refractivity (Wildman–Crippen MR) is 68.7 cm³/mol. The Balaban J connectivity index is 2.90. The summed E-state index contributed by atoms with van der Waals surface area (Å²) in [7, 11) is 1.74. The molecule has 3 nitrogen and oxygen atoms in total. The summed E-state index contributed by atoms with van der Waals surface area (Å²) in [6.45, 7) is 3.65. The minimum absolute atomic E-state index is 0.0315. The summed E-state index contributed by atoms with van der Waals surface area (Å²) in [5.74, 6) is 0.244. The maximum atomic E-state index is 12.3. The molecule has 0 aliphatic heterocycles. The summed E-state index contributed by atoms with van der Waals surface area (Å²) in [5.41, 5.74) is -1.21. The molecule has 0 bridgehead atoms. The van der Waals surface area contributed by atoms with Gasteiger partial charge in [-0.2, -0.15) is 5.26 Å². The first-order chi connectivity index (χ1) is 7.89. The lowest BCUT2D eigenvalue weighted by Crippen LogP contribution is -2.54. The van der Waals surface area contributed by atoms with Crippen molar-refractivity contribution in [2.24, 2.45) is 5.41 Å². The molecule has 0 aromatic carbocycles. The lowest BCUT2D eigenvalue weighted by molar-refractivity contribution is -0.143. The van der Waals surface area contributed by atoms with Crippen LogP contribution in [0, 0.1) is 16.7 Å². The number of nitrogens with zero attached hydrogens (tertiary/aromatic N) is 2. The molecule has 1 amide bonds. The van der Waals surface area contributed by atoms with Crippen molar-refractivity contribution in [2.75, 3.05) is 12.9 Å². The zero-order chi connectivity index (χ0) is 13.1. The van der Waals surface area contributed by atoms with Crippen molar-refractivity contribution in [1.82, 2.24) is 4.90 Å². The molecule has 0 atom stereocenters. The van der Waals surface area contributed by atoms with Gasteiger partial charge in [-0.1, -0.05) is 19.3 Å². The second-order valence-corrected chi connectivity index (χ2v) is 5.85. The van der Waals surface area contributed by atoms with Crippen molar-refractivity contribution in [2.45, 2.75) is 51.5 Å². The molecule has 0 radical (unpaired) electrons. The Morgan fingerprint density at radius 2 is 1.94 bits per heavy atom. The summed E-state index contributed by atoms with van der Waals surface area (Å²) in [6.07, 6.45) is 4.76. The molecule has 1 saturated carbocycles. The lowest BCUT2D eigenvalue weighted by atomic mass is 9.80. The molecule has 1 aliphatic carbocycles. The van der Waals surface area contributed by atoms with E-state index in [0.29, 0.717) is 0 Å². The van der Waals surface area contributed by atoms with E-state index < -0.39 is 11.0 Å². The smallest absolute Gasteiger partial charge is 0.230 e. The Morgan fingerprint density at radius 1 is 1.41 bits per heavy atom. The van der Waals surface area contributed by atoms with E-state index in [-0.39, 0.29) is 11.8 Å². The fraction of sp³-hybridized carbons (Fsp3) is 0.846. The maximum absolute atomic E-state index is 12.3. The third kappa shape index (κ3) is 2.74. The molecule has 0 heterocycles. The van der Waals surface area contributed by atoms with Crippen LogP contribution in [0.1, 0.15) is 46.0 Å². The summed E-state index contributed by atoms with van der Waals surface area (Å²) in [5, 5.41) is 9.42. The molecule has 0 unspecified atom stereocenters. The number of nitriles is 1. The van der Waals surface area contributed by atoms with Crippen molar-refractivity contribution in [3.05, 3.63) is 0 Å². The molecule has 17 heavy (non-hydrogen) atoms. The van der Waals surface area contributed by atoms with Gasteiger partial charge in [0.2, 0.25) is 5.91 Å². The van der Waals surface area contributed by atoms with Gasteiger partial charge in [-0.25, -0.2) is 0 Å². The van der Waals surface area contributed by atoms with E-state index in [1.54, 1.807) is 11.9 Å². The molecule has 0 spiro atoms. The zero-order valence-corrected chi connectivity index (χ0v) is 11.7. The van der Waals surface area contributed by atoms with Gasteiger partial charge in [-0.15, -0.1) is 11.6 Å². The highest BCUT2D eigenvalue weighted by Crippen LogP contribution is 2.35. The van der Waals surface area contributed by atoms with E-state index in [4.69, 9.17) is 11.6 Å². The first-order valence-electron chi connectivity index (χ1n) is 6.15. The number of alkyl halides is 1. The van der Waals surface area contributed by atoms with Crippen molar-refractivity contribution >= 4 is 17.5 Å². The van der Waals surface area contributed by atoms with E-state index in [1.165, 1.54) is 0 Å². The van der Waals surface area contributed by atoms with E-state index in [0.717, 1.165) is 32.1 Å². The molecule has 0 saturated heterocycles. The third-order valence-corrected chi connectivity index (χ3v) is 4.42. The number of hydrogen-bond acceptors (Lipinski definition) is 2. The first kappa shape index (κ1) is 14.3. The minimum Gasteiger partial charge on any atom is -0.327 e. The highest BCUT2D eigenvalue weighted by molar-refractivity contribution is 6.19. The Bertz CT molecular complexity index is 327. The van der Waals surface area contributed by atoms with Crippen LogP contribution in [-0.4, -0.2) is 29.3 Å². The van der Waals surface area contributed by atoms with Crippen LogP contribution in [-0.2, 0) is 4.79 Å². The molecule has 0 aromatic heterocycles. The number of amides is 1. The van der Waals surface area contributed by atoms with Gasteiger partial charge in [-0.3, -0.25) is 4.79 Å². The molecule has 96 valence electrons. The van der Waals surface area contributed by atoms with Gasteiger partial charge < -0.3 is 4.90 Å². The van der Waals surface area contributed by atoms with Gasteiger partial charge in [-0.05, 0) is 26.7 Å². The quantitative estimate of drug-likeness (QED) is 0.729. The topological polar surface area (TPSA) is 44.1 Å². The van der Waals surface area contributed by atoms with Crippen LogP contribution in [0.5, 0.6) is 0 Å². The Morgan fingerprint density at radius 3 is 2.35 bits per heavy atom. The summed E-state index contributed by atoms with van der Waals surface area (Å²) in [4.78, 5) is 14.0. The molecule has 0 N–H and O–H groups in total. The lowest BCUT2D eigenvalue weighted by Gasteiger charge is -2.42. The van der Waals surface area contributed by atoms with Gasteiger partial charge in [0.05, 0.1) is 11.5 Å². The van der Waals surface area contributed by atoms with Crippen LogP contribution >= 0.6 is 11.6 Å². The Labute approximate surface area is 109 Å². The van der Waals surface area contributed by atoms with Gasteiger partial charge in [0.15, 0.2) is 0 Å². The molecule has 1 fully saturated rings. The van der Waals surface area contributed by atoms with Crippen LogP contribution in [0.25, 0.3) is 0 Å². The van der Waals surface area contributed by atoms with Crippen LogP contribution in [0.2, 0.25) is 0 Å². The molecule has 4 heteroatoms. The number of rotatable bonds is 3. The Kier molecular flexibility index (Phi) is 4.43. The van der Waals surface area contributed by atoms with Crippen LogP contribution in [0.4, 0.5) is 0 Å². The number of carbonyl (C=O) groups excluding carboxylic acids is 1. The second-order valence-electron chi connectivity index (χ2n) is 5.59. The van der Waals surface area contributed by atoms with Gasteiger partial charge in [0.25, 0.3) is 0 Å². The van der Waals surface area contributed by atoms with E-state index in [9.17, 15) is 10.1 Å². The SMILES string of the molecule is CN(C(=O)C(C)(C)CCl)C1(C#N)CCCCC1. The molecule has 1 aliphatic rings. The third-order valence-electron chi connectivity index (χ3n) is 3.75. The normalized spacial score (nSPS) is 19.5.